The maximum Gasteiger partial charge on any atom is 0.253 e. The highest BCUT2D eigenvalue weighted by Crippen LogP contribution is 2.32. The van der Waals surface area contributed by atoms with Gasteiger partial charge in [0.05, 0.1) is 5.52 Å². The first-order chi connectivity index (χ1) is 18.1. The molecule has 1 aliphatic heterocycles. The minimum atomic E-state index is -0.368. The fraction of sp³-hybridized carbons (Fsp3) is 0.267. The van der Waals surface area contributed by atoms with Gasteiger partial charge < -0.3 is 4.98 Å². The van der Waals surface area contributed by atoms with E-state index in [-0.39, 0.29) is 11.6 Å². The van der Waals surface area contributed by atoms with E-state index in [2.05, 4.69) is 86.9 Å². The molecular formula is C30H30N6O. The van der Waals surface area contributed by atoms with Crippen LogP contribution >= 0.6 is 0 Å². The molecule has 1 N–H and O–H groups in total. The molecule has 37 heavy (non-hydrogen) atoms. The van der Waals surface area contributed by atoms with Crippen molar-refractivity contribution in [2.75, 3.05) is 6.54 Å². The Kier molecular flexibility index (Phi) is 6.14. The molecule has 0 aliphatic carbocycles. The summed E-state index contributed by atoms with van der Waals surface area (Å²) < 4.78 is 1.87. The van der Waals surface area contributed by atoms with Gasteiger partial charge in [0.25, 0.3) is 5.56 Å². The molecule has 0 amide bonds. The van der Waals surface area contributed by atoms with Crippen LogP contribution in [0.4, 0.5) is 0 Å². The van der Waals surface area contributed by atoms with E-state index < -0.39 is 0 Å². The number of aromatic amines is 1. The van der Waals surface area contributed by atoms with Gasteiger partial charge >= 0.3 is 0 Å². The van der Waals surface area contributed by atoms with Crippen LogP contribution in [0.15, 0.2) is 77.6 Å². The highest BCUT2D eigenvalue weighted by Gasteiger charge is 2.32. The number of fused-ring (bicyclic) bond motifs is 2. The summed E-state index contributed by atoms with van der Waals surface area (Å²) in [6.45, 7) is 6.30. The highest BCUT2D eigenvalue weighted by molar-refractivity contribution is 5.85. The van der Waals surface area contributed by atoms with Crippen LogP contribution in [0, 0.1) is 13.8 Å². The Morgan fingerprint density at radius 3 is 2.54 bits per heavy atom. The summed E-state index contributed by atoms with van der Waals surface area (Å²) in [5.41, 5.74) is 7.53. The average Bonchev–Trinajstić information content (AvgIpc) is 3.39. The van der Waals surface area contributed by atoms with Gasteiger partial charge in [0, 0.05) is 30.6 Å². The molecule has 0 radical (unpaired) electrons. The Hall–Kier alpha value is -4.10. The molecule has 7 nitrogen and oxygen atoms in total. The van der Waals surface area contributed by atoms with Gasteiger partial charge in [0.2, 0.25) is 0 Å². The third-order valence-electron chi connectivity index (χ3n) is 7.55. The van der Waals surface area contributed by atoms with E-state index in [9.17, 15) is 4.79 Å². The van der Waals surface area contributed by atoms with Gasteiger partial charge in [-0.2, -0.15) is 0 Å². The lowest BCUT2D eigenvalue weighted by molar-refractivity contribution is 0.193. The van der Waals surface area contributed by atoms with Crippen molar-refractivity contribution >= 4 is 10.9 Å². The van der Waals surface area contributed by atoms with Crippen molar-refractivity contribution in [1.82, 2.24) is 30.1 Å². The van der Waals surface area contributed by atoms with E-state index in [1.807, 2.05) is 29.8 Å². The van der Waals surface area contributed by atoms with Crippen LogP contribution in [0.1, 0.15) is 45.2 Å². The predicted octanol–water partition coefficient (Wildman–Crippen LogP) is 4.52. The topological polar surface area (TPSA) is 79.7 Å². The molecule has 7 heteroatoms. The van der Waals surface area contributed by atoms with Crippen molar-refractivity contribution in [1.29, 1.82) is 0 Å². The highest BCUT2D eigenvalue weighted by atomic mass is 16.1. The zero-order valence-corrected chi connectivity index (χ0v) is 21.2. The van der Waals surface area contributed by atoms with Crippen LogP contribution in [-0.4, -0.2) is 36.6 Å². The first kappa shape index (κ1) is 23.3. The normalized spacial score (nSPS) is 14.5. The van der Waals surface area contributed by atoms with E-state index in [1.54, 1.807) is 0 Å². The molecule has 0 bridgehead atoms. The van der Waals surface area contributed by atoms with Gasteiger partial charge in [0.15, 0.2) is 5.82 Å². The number of hydrogen-bond donors (Lipinski definition) is 1. The summed E-state index contributed by atoms with van der Waals surface area (Å²) in [6.07, 6.45) is 1.72. The second-order valence-corrected chi connectivity index (χ2v) is 9.93. The summed E-state index contributed by atoms with van der Waals surface area (Å²) in [6, 6.07) is 24.7. The van der Waals surface area contributed by atoms with Crippen molar-refractivity contribution in [2.45, 2.75) is 45.8 Å². The quantitative estimate of drug-likeness (QED) is 0.379. The molecule has 1 atom stereocenters. The van der Waals surface area contributed by atoms with Crippen LogP contribution in [0.3, 0.4) is 0 Å². The van der Waals surface area contributed by atoms with Crippen molar-refractivity contribution in [3.05, 3.63) is 122 Å². The Balaban J connectivity index is 1.46. The van der Waals surface area contributed by atoms with Gasteiger partial charge in [-0.3, -0.25) is 9.69 Å². The van der Waals surface area contributed by atoms with Crippen molar-refractivity contribution in [2.24, 2.45) is 0 Å². The zero-order chi connectivity index (χ0) is 25.4. The molecule has 0 saturated heterocycles. The fourth-order valence-corrected chi connectivity index (χ4v) is 5.48. The van der Waals surface area contributed by atoms with Gasteiger partial charge in [-0.15, -0.1) is 5.10 Å². The summed E-state index contributed by atoms with van der Waals surface area (Å²) in [5.74, 6) is 0.700. The number of benzene rings is 3. The van der Waals surface area contributed by atoms with Crippen LogP contribution in [-0.2, 0) is 25.9 Å². The standard InChI is InChI=1S/C30H30N6O/c1-20-12-13-21(2)27-25(20)18-26(30(37)31-27)28(35-16-15-23-10-6-7-11-24(23)19-35)29-32-33-34-36(29)17-14-22-8-4-3-5-9-22/h3-13,18,28H,14-17,19H2,1-2H3,(H,31,37)/t28-/m1/s1. The SMILES string of the molecule is Cc1ccc(C)c2[nH]c(=O)c([C@H](c3nnnn3CCc3ccccc3)N3CCc4ccccc4C3)cc12. The van der Waals surface area contributed by atoms with Crippen LogP contribution in [0.25, 0.3) is 10.9 Å². The number of nitrogens with one attached hydrogen (secondary N) is 1. The van der Waals surface area contributed by atoms with E-state index in [0.29, 0.717) is 17.9 Å². The summed E-state index contributed by atoms with van der Waals surface area (Å²) in [4.78, 5) is 19.2. The van der Waals surface area contributed by atoms with Crippen LogP contribution in [0.5, 0.6) is 0 Å². The summed E-state index contributed by atoms with van der Waals surface area (Å²) in [7, 11) is 0. The third kappa shape index (κ3) is 4.47. The lowest BCUT2D eigenvalue weighted by Crippen LogP contribution is -2.38. The van der Waals surface area contributed by atoms with E-state index >= 15 is 0 Å². The maximum absolute atomic E-state index is 13.7. The van der Waals surface area contributed by atoms with Crippen LogP contribution < -0.4 is 5.56 Å². The second-order valence-electron chi connectivity index (χ2n) is 9.93. The number of tetrazole rings is 1. The van der Waals surface area contributed by atoms with E-state index in [0.717, 1.165) is 48.0 Å². The van der Waals surface area contributed by atoms with Gasteiger partial charge in [-0.1, -0.05) is 66.7 Å². The minimum Gasteiger partial charge on any atom is -0.321 e. The van der Waals surface area contributed by atoms with E-state index in [1.165, 1.54) is 16.7 Å². The monoisotopic (exact) mass is 490 g/mol. The number of nitrogens with zero attached hydrogens (tertiary/aromatic N) is 5. The van der Waals surface area contributed by atoms with Gasteiger partial charge in [0.1, 0.15) is 6.04 Å². The smallest absolute Gasteiger partial charge is 0.253 e. The molecule has 0 saturated carbocycles. The van der Waals surface area contributed by atoms with Crippen LogP contribution in [0.2, 0.25) is 0 Å². The number of aryl methyl sites for hydroxylation is 4. The molecule has 186 valence electrons. The summed E-state index contributed by atoms with van der Waals surface area (Å²) in [5, 5.41) is 14.0. The van der Waals surface area contributed by atoms with Gasteiger partial charge in [-0.25, -0.2) is 4.68 Å². The van der Waals surface area contributed by atoms with Crippen molar-refractivity contribution in [3.8, 4) is 0 Å². The molecule has 3 aromatic carbocycles. The molecule has 3 heterocycles. The Morgan fingerprint density at radius 2 is 1.70 bits per heavy atom. The van der Waals surface area contributed by atoms with Crippen molar-refractivity contribution in [3.63, 3.8) is 0 Å². The molecule has 2 aromatic heterocycles. The average molecular weight is 491 g/mol. The molecule has 6 rings (SSSR count). The number of aromatic nitrogens is 5. The molecule has 0 fully saturated rings. The minimum absolute atomic E-state index is 0.0948. The maximum atomic E-state index is 13.7. The second kappa shape index (κ2) is 9.75. The molecule has 0 spiro atoms. The fourth-order valence-electron chi connectivity index (χ4n) is 5.48. The number of pyridine rings is 1. The van der Waals surface area contributed by atoms with Gasteiger partial charge in [-0.05, 0) is 71.0 Å². The number of H-pyrrole nitrogens is 1. The number of rotatable bonds is 6. The Morgan fingerprint density at radius 1 is 0.946 bits per heavy atom. The Bertz CT molecular complexity index is 1620. The first-order valence-electron chi connectivity index (χ1n) is 12.8. The predicted molar refractivity (Wildman–Crippen MR) is 144 cm³/mol. The van der Waals surface area contributed by atoms with Crippen molar-refractivity contribution < 1.29 is 0 Å². The summed E-state index contributed by atoms with van der Waals surface area (Å²) >= 11 is 0. The molecule has 0 unspecified atom stereocenters. The lowest BCUT2D eigenvalue weighted by Gasteiger charge is -2.35. The molecular weight excluding hydrogens is 460 g/mol. The first-order valence-corrected chi connectivity index (χ1v) is 12.8. The number of hydrogen-bond acceptors (Lipinski definition) is 5. The Labute approximate surface area is 215 Å². The molecule has 5 aromatic rings. The zero-order valence-electron chi connectivity index (χ0n) is 21.2. The van der Waals surface area contributed by atoms with E-state index in [4.69, 9.17) is 0 Å². The lowest BCUT2D eigenvalue weighted by atomic mass is 9.95. The molecule has 1 aliphatic rings. The third-order valence-corrected chi connectivity index (χ3v) is 7.55. The largest absolute Gasteiger partial charge is 0.321 e.